The monoisotopic (exact) mass is 370 g/mol. The fourth-order valence-electron chi connectivity index (χ4n) is 3.05. The van der Waals surface area contributed by atoms with Gasteiger partial charge in [-0.05, 0) is 24.3 Å². The Hall–Kier alpha value is -4.00. The van der Waals surface area contributed by atoms with E-state index < -0.39 is 5.83 Å². The van der Waals surface area contributed by atoms with E-state index in [0.29, 0.717) is 33.9 Å². The molecule has 0 spiro atoms. The maximum atomic E-state index is 14.3. The second-order valence-electron chi connectivity index (χ2n) is 5.90. The van der Waals surface area contributed by atoms with E-state index in [9.17, 15) is 4.39 Å². The highest BCUT2D eigenvalue weighted by molar-refractivity contribution is 6.04. The highest BCUT2D eigenvalue weighted by Gasteiger charge is 2.16. The van der Waals surface area contributed by atoms with Crippen molar-refractivity contribution in [2.45, 2.75) is 0 Å². The number of hydrogen-bond donors (Lipinski definition) is 1. The van der Waals surface area contributed by atoms with Gasteiger partial charge in [0.1, 0.15) is 17.2 Å². The lowest BCUT2D eigenvalue weighted by Crippen LogP contribution is -1.99. The van der Waals surface area contributed by atoms with Crippen LogP contribution in [0.15, 0.2) is 74.1 Å². The summed E-state index contributed by atoms with van der Waals surface area (Å²) in [7, 11) is 0. The molecule has 4 aromatic heterocycles. The molecule has 0 saturated heterocycles. The first-order valence-corrected chi connectivity index (χ1v) is 8.40. The molecule has 28 heavy (non-hydrogen) atoms. The molecule has 0 aromatic carbocycles. The summed E-state index contributed by atoms with van der Waals surface area (Å²) in [5.74, 6) is -0.133. The average Bonchev–Trinajstić information content (AvgIpc) is 2.73. The lowest BCUT2D eigenvalue weighted by molar-refractivity contribution is 0.671. The number of hydrogen-bond acceptors (Lipinski definition) is 6. The molecule has 4 heterocycles. The number of pyridine rings is 3. The summed E-state index contributed by atoms with van der Waals surface area (Å²) < 4.78 is 14.3. The molecule has 0 amide bonds. The van der Waals surface area contributed by atoms with Crippen LogP contribution in [0.4, 0.5) is 10.2 Å². The Labute approximate surface area is 160 Å². The van der Waals surface area contributed by atoms with E-state index >= 15 is 0 Å². The van der Waals surface area contributed by atoms with E-state index in [1.54, 1.807) is 30.7 Å². The number of nitrogen functional groups attached to an aromatic ring is 1. The molecule has 0 saturated carbocycles. The molecule has 136 valence electrons. The largest absolute Gasteiger partial charge is 0.383 e. The molecule has 0 atom stereocenters. The van der Waals surface area contributed by atoms with Gasteiger partial charge in [-0.15, -0.1) is 0 Å². The van der Waals surface area contributed by atoms with Crippen molar-refractivity contribution < 1.29 is 4.39 Å². The molecule has 2 N–H and O–H groups in total. The molecule has 0 aliphatic carbocycles. The van der Waals surface area contributed by atoms with E-state index in [1.165, 1.54) is 12.3 Å². The van der Waals surface area contributed by atoms with Gasteiger partial charge in [0.25, 0.3) is 0 Å². The van der Waals surface area contributed by atoms with Crippen LogP contribution in [-0.2, 0) is 0 Å². The minimum atomic E-state index is -0.531. The molecular weight excluding hydrogens is 355 g/mol. The Morgan fingerprint density at radius 2 is 1.68 bits per heavy atom. The number of aromatic nitrogens is 5. The molecule has 0 aliphatic heterocycles. The molecule has 0 fully saturated rings. The van der Waals surface area contributed by atoms with Crippen LogP contribution in [0.25, 0.3) is 38.8 Å². The van der Waals surface area contributed by atoms with Crippen molar-refractivity contribution in [3.05, 3.63) is 79.8 Å². The highest BCUT2D eigenvalue weighted by atomic mass is 19.1. The van der Waals surface area contributed by atoms with Crippen LogP contribution in [0.1, 0.15) is 5.69 Å². The highest BCUT2D eigenvalue weighted by Crippen LogP contribution is 2.34. The van der Waals surface area contributed by atoms with Gasteiger partial charge in [0.2, 0.25) is 0 Å². The Kier molecular flexibility index (Phi) is 4.33. The number of rotatable bonds is 4. The lowest BCUT2D eigenvalue weighted by atomic mass is 10.0. The molecule has 0 bridgehead atoms. The summed E-state index contributed by atoms with van der Waals surface area (Å²) in [6, 6.07) is 5.34. The lowest BCUT2D eigenvalue weighted by Gasteiger charge is -2.11. The maximum absolute atomic E-state index is 14.3. The summed E-state index contributed by atoms with van der Waals surface area (Å²) in [5, 5.41) is 1.56. The van der Waals surface area contributed by atoms with Crippen molar-refractivity contribution in [1.82, 2.24) is 24.9 Å². The number of halogens is 1. The molecule has 4 aromatic rings. The third-order valence-electron chi connectivity index (χ3n) is 4.33. The molecule has 0 unspecified atom stereocenters. The van der Waals surface area contributed by atoms with E-state index in [1.807, 2.05) is 6.07 Å². The van der Waals surface area contributed by atoms with Gasteiger partial charge in [-0.2, -0.15) is 0 Å². The molecule has 0 aliphatic rings. The van der Waals surface area contributed by atoms with E-state index in [4.69, 9.17) is 5.73 Å². The Bertz CT molecular complexity index is 1280. The Morgan fingerprint density at radius 3 is 2.46 bits per heavy atom. The quantitative estimate of drug-likeness (QED) is 0.540. The molecule has 6 nitrogen and oxygen atoms in total. The Morgan fingerprint density at radius 1 is 0.929 bits per heavy atom. The second kappa shape index (κ2) is 6.96. The molecular formula is C21H15FN6. The first kappa shape index (κ1) is 17.4. The van der Waals surface area contributed by atoms with Gasteiger partial charge >= 0.3 is 0 Å². The Balaban J connectivity index is 2.12. The predicted molar refractivity (Wildman–Crippen MR) is 109 cm³/mol. The van der Waals surface area contributed by atoms with Gasteiger partial charge in [0.15, 0.2) is 5.65 Å². The number of nitrogens with zero attached hydrogens (tertiary/aromatic N) is 5. The maximum Gasteiger partial charge on any atom is 0.179 e. The summed E-state index contributed by atoms with van der Waals surface area (Å²) in [5.41, 5.74) is 8.78. The molecule has 4 rings (SSSR count). The number of allylic oxidation sites excluding steroid dienone is 4. The fraction of sp³-hybridized carbons (Fsp3) is 0. The second-order valence-corrected chi connectivity index (χ2v) is 5.90. The summed E-state index contributed by atoms with van der Waals surface area (Å²) in [6.45, 7) is 7.17. The van der Waals surface area contributed by atoms with Crippen LogP contribution in [0, 0.1) is 0 Å². The number of anilines is 1. The van der Waals surface area contributed by atoms with Gasteiger partial charge in [-0.1, -0.05) is 19.2 Å². The van der Waals surface area contributed by atoms with Crippen molar-refractivity contribution in [2.24, 2.45) is 0 Å². The smallest absolute Gasteiger partial charge is 0.179 e. The molecule has 0 radical (unpaired) electrons. The van der Waals surface area contributed by atoms with Gasteiger partial charge in [0, 0.05) is 46.7 Å². The van der Waals surface area contributed by atoms with Gasteiger partial charge in [0.05, 0.1) is 11.4 Å². The standard InChI is InChI=1S/C21H15FN6/c1-3-12(16(22)4-2)17-11-15(19-21(28-17)27-10-9-25-19)18-13-5-8-26-20(23)14(13)6-7-24-18/h3-11H,1-2H2,(H2,23,26)/b16-12-. The van der Waals surface area contributed by atoms with E-state index in [2.05, 4.69) is 38.1 Å². The zero-order chi connectivity index (χ0) is 19.7. The third kappa shape index (κ3) is 2.79. The van der Waals surface area contributed by atoms with Gasteiger partial charge in [-0.3, -0.25) is 9.97 Å². The SMILES string of the molecule is C=C/C(F)=C(\C=C)c1cc(-c2nccc3c(N)nccc23)c2nccnc2n1. The van der Waals surface area contributed by atoms with Crippen molar-refractivity contribution in [2.75, 3.05) is 5.73 Å². The normalized spacial score (nSPS) is 12.0. The minimum absolute atomic E-state index is 0.213. The van der Waals surface area contributed by atoms with E-state index in [0.717, 1.165) is 16.8 Å². The van der Waals surface area contributed by atoms with Crippen molar-refractivity contribution >= 4 is 33.3 Å². The van der Waals surface area contributed by atoms with Crippen molar-refractivity contribution in [3.8, 4) is 11.3 Å². The van der Waals surface area contributed by atoms with Crippen molar-refractivity contribution in [1.29, 1.82) is 0 Å². The first-order chi connectivity index (χ1) is 13.6. The van der Waals surface area contributed by atoms with Gasteiger partial charge in [-0.25, -0.2) is 19.3 Å². The van der Waals surface area contributed by atoms with Crippen LogP contribution in [0.3, 0.4) is 0 Å². The predicted octanol–water partition coefficient (Wildman–Crippen LogP) is 4.27. The van der Waals surface area contributed by atoms with Crippen LogP contribution >= 0.6 is 0 Å². The number of fused-ring (bicyclic) bond motifs is 2. The van der Waals surface area contributed by atoms with Crippen molar-refractivity contribution in [3.63, 3.8) is 0 Å². The molecule has 7 heteroatoms. The van der Waals surface area contributed by atoms with Crippen LogP contribution in [0.5, 0.6) is 0 Å². The van der Waals surface area contributed by atoms with Crippen LogP contribution < -0.4 is 5.73 Å². The number of nitrogens with two attached hydrogens (primary N) is 1. The summed E-state index contributed by atoms with van der Waals surface area (Å²) in [4.78, 5) is 21.8. The van der Waals surface area contributed by atoms with Gasteiger partial charge < -0.3 is 5.73 Å². The third-order valence-corrected chi connectivity index (χ3v) is 4.33. The fourth-order valence-corrected chi connectivity index (χ4v) is 3.05. The summed E-state index contributed by atoms with van der Waals surface area (Å²) >= 11 is 0. The zero-order valence-corrected chi connectivity index (χ0v) is 14.8. The average molecular weight is 370 g/mol. The van der Waals surface area contributed by atoms with Crippen LogP contribution in [0.2, 0.25) is 0 Å². The topological polar surface area (TPSA) is 90.5 Å². The van der Waals surface area contributed by atoms with Crippen LogP contribution in [-0.4, -0.2) is 24.9 Å². The minimum Gasteiger partial charge on any atom is -0.383 e. The van der Waals surface area contributed by atoms with E-state index in [-0.39, 0.29) is 5.57 Å². The zero-order valence-electron chi connectivity index (χ0n) is 14.8. The summed E-state index contributed by atoms with van der Waals surface area (Å²) in [6.07, 6.45) is 8.87. The first-order valence-electron chi connectivity index (χ1n) is 8.40.